The van der Waals surface area contributed by atoms with Crippen LogP contribution in [0, 0.1) is 11.8 Å². The van der Waals surface area contributed by atoms with Crippen LogP contribution in [0.25, 0.3) is 0 Å². The predicted molar refractivity (Wildman–Crippen MR) is 101 cm³/mol. The monoisotopic (exact) mass is 378 g/mol. The Bertz CT molecular complexity index is 614. The summed E-state index contributed by atoms with van der Waals surface area (Å²) in [5.74, 6) is -0.0570. The first-order chi connectivity index (χ1) is 12.9. The highest BCUT2D eigenvalue weighted by molar-refractivity contribution is 5.89. The van der Waals surface area contributed by atoms with Crippen molar-refractivity contribution in [2.24, 2.45) is 11.8 Å². The van der Waals surface area contributed by atoms with Gasteiger partial charge in [0.25, 0.3) is 0 Å². The number of aliphatic hydroxyl groups excluding tert-OH is 1. The lowest BCUT2D eigenvalue weighted by atomic mass is 9.80. The lowest BCUT2D eigenvalue weighted by Gasteiger charge is -2.46. The Labute approximate surface area is 161 Å². The van der Waals surface area contributed by atoms with E-state index in [0.29, 0.717) is 17.9 Å². The van der Waals surface area contributed by atoms with Crippen LogP contribution in [0.5, 0.6) is 0 Å². The zero-order valence-corrected chi connectivity index (χ0v) is 16.5. The van der Waals surface area contributed by atoms with Crippen LogP contribution >= 0.6 is 0 Å². The highest BCUT2D eigenvalue weighted by atomic mass is 16.7. The number of carbonyl (C=O) groups excluding carboxylic acids is 1. The molecule has 5 unspecified atom stereocenters. The molecule has 6 nitrogen and oxygen atoms in total. The van der Waals surface area contributed by atoms with E-state index in [4.69, 9.17) is 18.9 Å². The molecular formula is C21H30O6. The van der Waals surface area contributed by atoms with E-state index in [1.165, 1.54) is 0 Å². The molecule has 1 aliphatic heterocycles. The Balaban J connectivity index is 2.35. The molecule has 1 aliphatic rings. The largest absolute Gasteiger partial charge is 0.491 e. The van der Waals surface area contributed by atoms with Gasteiger partial charge in [0.1, 0.15) is 6.10 Å². The molecule has 0 aliphatic carbocycles. The Morgan fingerprint density at radius 1 is 1.22 bits per heavy atom. The minimum atomic E-state index is -0.834. The number of benzene rings is 1. The first-order valence-electron chi connectivity index (χ1n) is 9.35. The van der Waals surface area contributed by atoms with Crippen molar-refractivity contribution in [1.29, 1.82) is 0 Å². The molecule has 0 bridgehead atoms. The van der Waals surface area contributed by atoms with Gasteiger partial charge in [-0.3, -0.25) is 0 Å². The molecule has 0 amide bonds. The fraction of sp³-hybridized carbons (Fsp3) is 0.571. The van der Waals surface area contributed by atoms with Gasteiger partial charge in [-0.05, 0) is 31.9 Å². The highest BCUT2D eigenvalue weighted by Gasteiger charge is 2.50. The second kappa shape index (κ2) is 9.88. The average molecular weight is 378 g/mol. The molecular weight excluding hydrogens is 348 g/mol. The molecule has 1 aromatic carbocycles. The zero-order valence-electron chi connectivity index (χ0n) is 16.5. The quantitative estimate of drug-likeness (QED) is 0.553. The number of hydrogen-bond acceptors (Lipinski definition) is 6. The van der Waals surface area contributed by atoms with E-state index in [0.717, 1.165) is 0 Å². The summed E-state index contributed by atoms with van der Waals surface area (Å²) in [6, 6.07) is 8.75. The molecule has 1 N–H and O–H groups in total. The van der Waals surface area contributed by atoms with E-state index in [9.17, 15) is 9.90 Å². The lowest BCUT2D eigenvalue weighted by molar-refractivity contribution is -0.295. The molecule has 1 saturated heterocycles. The SMILES string of the molecule is C=C(C)OC1C(OC(=O)c2ccccc2)C(OCC)OC(CO)C1C(C)C. The minimum absolute atomic E-state index is 0.118. The Morgan fingerprint density at radius 3 is 2.41 bits per heavy atom. The van der Waals surface area contributed by atoms with Crippen molar-refractivity contribution in [2.75, 3.05) is 13.2 Å². The Hall–Kier alpha value is -1.89. The topological polar surface area (TPSA) is 74.2 Å². The van der Waals surface area contributed by atoms with Crippen LogP contribution in [0.3, 0.4) is 0 Å². The maximum atomic E-state index is 12.7. The molecule has 0 saturated carbocycles. The predicted octanol–water partition coefficient (Wildman–Crippen LogP) is 3.16. The molecule has 1 heterocycles. The summed E-state index contributed by atoms with van der Waals surface area (Å²) in [7, 11) is 0. The van der Waals surface area contributed by atoms with E-state index >= 15 is 0 Å². The van der Waals surface area contributed by atoms with Crippen LogP contribution in [-0.2, 0) is 18.9 Å². The van der Waals surface area contributed by atoms with Crippen LogP contribution in [0.1, 0.15) is 38.1 Å². The number of esters is 1. The van der Waals surface area contributed by atoms with Gasteiger partial charge in [0.15, 0.2) is 12.4 Å². The number of ether oxygens (including phenoxy) is 4. The van der Waals surface area contributed by atoms with Gasteiger partial charge in [0.05, 0.1) is 24.0 Å². The van der Waals surface area contributed by atoms with Crippen molar-refractivity contribution in [3.8, 4) is 0 Å². The van der Waals surface area contributed by atoms with Gasteiger partial charge >= 0.3 is 5.97 Å². The van der Waals surface area contributed by atoms with Crippen molar-refractivity contribution in [3.05, 3.63) is 48.2 Å². The summed E-state index contributed by atoms with van der Waals surface area (Å²) in [4.78, 5) is 12.7. The van der Waals surface area contributed by atoms with Gasteiger partial charge in [0.2, 0.25) is 0 Å². The van der Waals surface area contributed by atoms with E-state index in [1.807, 2.05) is 26.8 Å². The fourth-order valence-corrected chi connectivity index (χ4v) is 3.46. The average Bonchev–Trinajstić information content (AvgIpc) is 2.63. The highest BCUT2D eigenvalue weighted by Crippen LogP contribution is 2.36. The summed E-state index contributed by atoms with van der Waals surface area (Å²) in [6.45, 7) is 11.6. The zero-order chi connectivity index (χ0) is 20.0. The number of hydrogen-bond donors (Lipinski definition) is 1. The van der Waals surface area contributed by atoms with E-state index in [-0.39, 0.29) is 18.4 Å². The molecule has 27 heavy (non-hydrogen) atoms. The molecule has 1 fully saturated rings. The molecule has 2 rings (SSSR count). The van der Waals surface area contributed by atoms with Crippen LogP contribution in [-0.4, -0.2) is 48.9 Å². The molecule has 1 aromatic rings. The van der Waals surface area contributed by atoms with Gasteiger partial charge in [-0.15, -0.1) is 0 Å². The molecule has 6 heteroatoms. The molecule has 0 radical (unpaired) electrons. The van der Waals surface area contributed by atoms with Gasteiger partial charge in [-0.1, -0.05) is 38.6 Å². The smallest absolute Gasteiger partial charge is 0.338 e. The van der Waals surface area contributed by atoms with Crippen molar-refractivity contribution in [3.63, 3.8) is 0 Å². The van der Waals surface area contributed by atoms with E-state index in [1.54, 1.807) is 31.2 Å². The van der Waals surface area contributed by atoms with Crippen molar-refractivity contribution in [2.45, 2.75) is 52.3 Å². The van der Waals surface area contributed by atoms with E-state index < -0.39 is 30.6 Å². The van der Waals surface area contributed by atoms with Gasteiger partial charge in [-0.2, -0.15) is 0 Å². The third-order valence-electron chi connectivity index (χ3n) is 4.58. The summed E-state index contributed by atoms with van der Waals surface area (Å²) < 4.78 is 23.4. The van der Waals surface area contributed by atoms with Gasteiger partial charge < -0.3 is 24.1 Å². The molecule has 150 valence electrons. The minimum Gasteiger partial charge on any atom is -0.491 e. The van der Waals surface area contributed by atoms with Crippen molar-refractivity contribution >= 4 is 5.97 Å². The van der Waals surface area contributed by atoms with Crippen molar-refractivity contribution < 1.29 is 28.8 Å². The molecule has 5 atom stereocenters. The van der Waals surface area contributed by atoms with Gasteiger partial charge in [0, 0.05) is 12.5 Å². The van der Waals surface area contributed by atoms with Crippen LogP contribution in [0.15, 0.2) is 42.7 Å². The second-order valence-corrected chi connectivity index (χ2v) is 7.02. The lowest BCUT2D eigenvalue weighted by Crippen LogP contribution is -2.59. The Kier molecular flexibility index (Phi) is 7.83. The molecule has 0 aromatic heterocycles. The summed E-state index contributed by atoms with van der Waals surface area (Å²) >= 11 is 0. The van der Waals surface area contributed by atoms with Crippen LogP contribution in [0.2, 0.25) is 0 Å². The standard InChI is InChI=1S/C21H30O6/c1-6-24-21-19(27-20(23)15-10-8-7-9-11-15)18(25-14(4)5)17(13(2)3)16(12-22)26-21/h7-11,13,16-19,21-22H,4,6,12H2,1-3,5H3. The number of carbonyl (C=O) groups is 1. The summed E-state index contributed by atoms with van der Waals surface area (Å²) in [5, 5.41) is 9.83. The third kappa shape index (κ3) is 5.31. The maximum absolute atomic E-state index is 12.7. The summed E-state index contributed by atoms with van der Waals surface area (Å²) in [6.07, 6.45) is -2.65. The third-order valence-corrected chi connectivity index (χ3v) is 4.58. The fourth-order valence-electron chi connectivity index (χ4n) is 3.46. The first-order valence-corrected chi connectivity index (χ1v) is 9.35. The molecule has 0 spiro atoms. The number of aliphatic hydroxyl groups is 1. The van der Waals surface area contributed by atoms with E-state index in [2.05, 4.69) is 6.58 Å². The first kappa shape index (κ1) is 21.4. The number of allylic oxidation sites excluding steroid dienone is 1. The maximum Gasteiger partial charge on any atom is 0.338 e. The normalized spacial score (nSPS) is 28.0. The van der Waals surface area contributed by atoms with Crippen molar-refractivity contribution in [1.82, 2.24) is 0 Å². The van der Waals surface area contributed by atoms with Gasteiger partial charge in [-0.25, -0.2) is 4.79 Å². The van der Waals surface area contributed by atoms with Crippen LogP contribution < -0.4 is 0 Å². The van der Waals surface area contributed by atoms with Crippen LogP contribution in [0.4, 0.5) is 0 Å². The number of rotatable bonds is 8. The Morgan fingerprint density at radius 2 is 1.89 bits per heavy atom. The second-order valence-electron chi connectivity index (χ2n) is 7.02. The summed E-state index contributed by atoms with van der Waals surface area (Å²) in [5.41, 5.74) is 0.437.